The lowest BCUT2D eigenvalue weighted by molar-refractivity contribution is 0.580. The molecule has 0 amide bonds. The van der Waals surface area contributed by atoms with Gasteiger partial charge in [-0.05, 0) is 36.8 Å². The van der Waals surface area contributed by atoms with Crippen LogP contribution in [0.25, 0.3) is 22.6 Å². The Hall–Kier alpha value is -2.61. The van der Waals surface area contributed by atoms with Gasteiger partial charge in [0.05, 0.1) is 0 Å². The normalized spacial score (nSPS) is 11.0. The Labute approximate surface area is 174 Å². The summed E-state index contributed by atoms with van der Waals surface area (Å²) < 4.78 is 6.11. The second-order valence-corrected chi connectivity index (χ2v) is 7.83. The topological polar surface area (TPSA) is 30.2 Å². The van der Waals surface area contributed by atoms with Crippen LogP contribution in [0, 0.1) is 0 Å². The number of benzene rings is 2. The van der Waals surface area contributed by atoms with Gasteiger partial charge >= 0.3 is 0 Å². The zero-order chi connectivity index (χ0) is 20.5. The molecular weight excluding hydrogens is 356 g/mol. The minimum absolute atomic E-state index is 0.0275. The molecule has 152 valence electrons. The summed E-state index contributed by atoms with van der Waals surface area (Å²) in [7, 11) is 0. The monoisotopic (exact) mass is 388 g/mol. The van der Waals surface area contributed by atoms with Crippen molar-refractivity contribution >= 4 is 0 Å². The van der Waals surface area contributed by atoms with E-state index in [0.29, 0.717) is 11.5 Å². The molecule has 0 spiro atoms. The minimum Gasteiger partial charge on any atom is -0.456 e. The largest absolute Gasteiger partial charge is 0.456 e. The van der Waals surface area contributed by atoms with Gasteiger partial charge in [-0.1, -0.05) is 88.1 Å². The van der Waals surface area contributed by atoms with Gasteiger partial charge in [0.2, 0.25) is 0 Å². The third kappa shape index (κ3) is 6.19. The maximum absolute atomic E-state index is 12.3. The number of hydrogen-bond donors (Lipinski definition) is 0. The molecule has 0 atom stereocenters. The second-order valence-electron chi connectivity index (χ2n) is 7.83. The van der Waals surface area contributed by atoms with Crippen LogP contribution in [0.2, 0.25) is 0 Å². The average Bonchev–Trinajstić information content (AvgIpc) is 2.75. The molecule has 3 rings (SSSR count). The van der Waals surface area contributed by atoms with Crippen LogP contribution in [-0.2, 0) is 12.8 Å². The molecule has 0 saturated heterocycles. The van der Waals surface area contributed by atoms with Gasteiger partial charge in [0.1, 0.15) is 11.5 Å². The predicted octanol–water partition coefficient (Wildman–Crippen LogP) is 7.44. The van der Waals surface area contributed by atoms with E-state index in [2.05, 4.69) is 62.4 Å². The fourth-order valence-corrected chi connectivity index (χ4v) is 3.59. The molecule has 0 unspecified atom stereocenters. The first kappa shape index (κ1) is 21.1. The Morgan fingerprint density at radius 1 is 0.621 bits per heavy atom. The quantitative estimate of drug-likeness (QED) is 0.338. The van der Waals surface area contributed by atoms with Crippen molar-refractivity contribution in [1.82, 2.24) is 0 Å². The number of hydrogen-bond acceptors (Lipinski definition) is 2. The van der Waals surface area contributed by atoms with Crippen LogP contribution in [0.15, 0.2) is 69.9 Å². The van der Waals surface area contributed by atoms with Crippen LogP contribution >= 0.6 is 0 Å². The van der Waals surface area contributed by atoms with E-state index >= 15 is 0 Å². The van der Waals surface area contributed by atoms with Crippen molar-refractivity contribution in [3.8, 4) is 22.6 Å². The molecule has 29 heavy (non-hydrogen) atoms. The van der Waals surface area contributed by atoms with Crippen molar-refractivity contribution in [3.05, 3.63) is 82.0 Å². The SMILES string of the molecule is CCCCCc1ccc(-c2cc(=O)cc(-c3ccc(CCCCC)cc3)o2)cc1. The maximum Gasteiger partial charge on any atom is 0.186 e. The van der Waals surface area contributed by atoms with Gasteiger partial charge in [-0.3, -0.25) is 4.79 Å². The predicted molar refractivity (Wildman–Crippen MR) is 122 cm³/mol. The first-order valence-electron chi connectivity index (χ1n) is 11.0. The van der Waals surface area contributed by atoms with Gasteiger partial charge < -0.3 is 4.42 Å². The van der Waals surface area contributed by atoms with Crippen molar-refractivity contribution in [2.45, 2.75) is 65.2 Å². The molecule has 0 aliphatic carbocycles. The molecule has 2 nitrogen and oxygen atoms in total. The summed E-state index contributed by atoms with van der Waals surface area (Å²) in [5, 5.41) is 0. The Bertz CT molecular complexity index is 859. The number of aryl methyl sites for hydroxylation is 2. The molecule has 0 N–H and O–H groups in total. The summed E-state index contributed by atoms with van der Waals surface area (Å²) in [6.07, 6.45) is 9.62. The highest BCUT2D eigenvalue weighted by Gasteiger charge is 2.08. The zero-order valence-corrected chi connectivity index (χ0v) is 17.7. The molecule has 0 aliphatic rings. The van der Waals surface area contributed by atoms with Crippen molar-refractivity contribution in [3.63, 3.8) is 0 Å². The average molecular weight is 389 g/mol. The number of rotatable bonds is 10. The van der Waals surface area contributed by atoms with Crippen LogP contribution in [0.5, 0.6) is 0 Å². The molecule has 1 heterocycles. The van der Waals surface area contributed by atoms with Gasteiger partial charge in [-0.2, -0.15) is 0 Å². The molecule has 0 saturated carbocycles. The van der Waals surface area contributed by atoms with Gasteiger partial charge in [0, 0.05) is 23.3 Å². The van der Waals surface area contributed by atoms with Gasteiger partial charge in [-0.25, -0.2) is 0 Å². The lowest BCUT2D eigenvalue weighted by atomic mass is 10.0. The molecular formula is C27H32O2. The Kier molecular flexibility index (Phi) is 7.86. The molecule has 0 bridgehead atoms. The van der Waals surface area contributed by atoms with Crippen molar-refractivity contribution < 1.29 is 4.42 Å². The summed E-state index contributed by atoms with van der Waals surface area (Å²) >= 11 is 0. The zero-order valence-electron chi connectivity index (χ0n) is 17.7. The molecule has 2 heteroatoms. The van der Waals surface area contributed by atoms with Gasteiger partial charge in [0.15, 0.2) is 5.43 Å². The summed E-state index contributed by atoms with van der Waals surface area (Å²) in [5.41, 5.74) is 4.53. The van der Waals surface area contributed by atoms with Crippen molar-refractivity contribution in [2.24, 2.45) is 0 Å². The molecule has 1 aromatic heterocycles. The molecule has 2 aromatic carbocycles. The summed E-state index contributed by atoms with van der Waals surface area (Å²) in [6.45, 7) is 4.44. The lowest BCUT2D eigenvalue weighted by Crippen LogP contribution is -1.99. The first-order valence-corrected chi connectivity index (χ1v) is 11.0. The van der Waals surface area contributed by atoms with Crippen LogP contribution < -0.4 is 5.43 Å². The standard InChI is InChI=1S/C27H32O2/c1-3-5-7-9-21-11-15-23(16-12-21)26-19-25(28)20-27(29-26)24-17-13-22(14-18-24)10-8-6-4-2/h11-20H,3-10H2,1-2H3. The lowest BCUT2D eigenvalue weighted by Gasteiger charge is -2.07. The summed E-state index contributed by atoms with van der Waals surface area (Å²) in [6, 6.07) is 19.9. The molecule has 3 aromatic rings. The van der Waals surface area contributed by atoms with E-state index in [-0.39, 0.29) is 5.43 Å². The smallest absolute Gasteiger partial charge is 0.186 e. The molecule has 0 fully saturated rings. The van der Waals surface area contributed by atoms with E-state index < -0.39 is 0 Å². The maximum atomic E-state index is 12.3. The number of unbranched alkanes of at least 4 members (excludes halogenated alkanes) is 4. The third-order valence-electron chi connectivity index (χ3n) is 5.38. The third-order valence-corrected chi connectivity index (χ3v) is 5.38. The molecule has 0 aliphatic heterocycles. The highest BCUT2D eigenvalue weighted by molar-refractivity contribution is 5.63. The highest BCUT2D eigenvalue weighted by Crippen LogP contribution is 2.26. The van der Waals surface area contributed by atoms with Gasteiger partial charge in [-0.15, -0.1) is 0 Å². The van der Waals surface area contributed by atoms with Crippen LogP contribution in [0.3, 0.4) is 0 Å². The van der Waals surface area contributed by atoms with E-state index in [1.54, 1.807) is 12.1 Å². The van der Waals surface area contributed by atoms with E-state index in [0.717, 1.165) is 24.0 Å². The van der Waals surface area contributed by atoms with E-state index in [4.69, 9.17) is 4.42 Å². The van der Waals surface area contributed by atoms with Crippen LogP contribution in [-0.4, -0.2) is 0 Å². The summed E-state index contributed by atoms with van der Waals surface area (Å²) in [4.78, 5) is 12.3. The fraction of sp³-hybridized carbons (Fsp3) is 0.370. The van der Waals surface area contributed by atoms with Crippen LogP contribution in [0.1, 0.15) is 63.5 Å². The Morgan fingerprint density at radius 2 is 1.03 bits per heavy atom. The first-order chi connectivity index (χ1) is 14.2. The Balaban J connectivity index is 1.77. The summed E-state index contributed by atoms with van der Waals surface area (Å²) in [5.74, 6) is 1.25. The van der Waals surface area contributed by atoms with Crippen molar-refractivity contribution in [1.29, 1.82) is 0 Å². The highest BCUT2D eigenvalue weighted by atomic mass is 16.3. The van der Waals surface area contributed by atoms with E-state index in [9.17, 15) is 4.79 Å². The van der Waals surface area contributed by atoms with E-state index in [1.165, 1.54) is 49.7 Å². The van der Waals surface area contributed by atoms with Crippen LogP contribution in [0.4, 0.5) is 0 Å². The van der Waals surface area contributed by atoms with Crippen molar-refractivity contribution in [2.75, 3.05) is 0 Å². The van der Waals surface area contributed by atoms with Gasteiger partial charge in [0.25, 0.3) is 0 Å². The second kappa shape index (κ2) is 10.8. The Morgan fingerprint density at radius 3 is 1.41 bits per heavy atom. The fourth-order valence-electron chi connectivity index (χ4n) is 3.59. The molecule has 0 radical (unpaired) electrons. The minimum atomic E-state index is -0.0275. The van der Waals surface area contributed by atoms with E-state index in [1.807, 2.05) is 0 Å².